The number of allylic oxidation sites excluding steroid dienone is 4. The van der Waals surface area contributed by atoms with Gasteiger partial charge in [-0.1, -0.05) is 34.9 Å². The molecule has 0 saturated carbocycles. The van der Waals surface area contributed by atoms with Gasteiger partial charge in [-0.05, 0) is 25.1 Å². The highest BCUT2D eigenvalue weighted by molar-refractivity contribution is 6.41. The molecule has 1 aromatic carbocycles. The van der Waals surface area contributed by atoms with Gasteiger partial charge in [0.25, 0.3) is 0 Å². The van der Waals surface area contributed by atoms with Gasteiger partial charge in [0.1, 0.15) is 0 Å². The second kappa shape index (κ2) is 3.47. The maximum Gasteiger partial charge on any atom is 0.0742 e. The smallest absolute Gasteiger partial charge is 0.0742 e. The summed E-state index contributed by atoms with van der Waals surface area (Å²) in [6.45, 7) is 2.09. The molecular formula is C13H9Cl2N. The second-order valence-corrected chi connectivity index (χ2v) is 4.89. The highest BCUT2D eigenvalue weighted by atomic mass is 35.5. The molecule has 80 valence electrons. The highest BCUT2D eigenvalue weighted by Gasteiger charge is 2.24. The Bertz CT molecular complexity index is 580. The van der Waals surface area contributed by atoms with Gasteiger partial charge in [-0.25, -0.2) is 0 Å². The van der Waals surface area contributed by atoms with E-state index in [2.05, 4.69) is 24.1 Å². The topological polar surface area (TPSA) is 12.4 Å². The number of halogens is 2. The zero-order valence-corrected chi connectivity index (χ0v) is 10.2. The Hall–Kier alpha value is -1.05. The molecule has 3 rings (SSSR count). The zero-order valence-electron chi connectivity index (χ0n) is 8.72. The minimum absolute atomic E-state index is 0.636. The molecule has 16 heavy (non-hydrogen) atoms. The quantitative estimate of drug-likeness (QED) is 0.626. The van der Waals surface area contributed by atoms with E-state index in [1.165, 1.54) is 5.57 Å². The van der Waals surface area contributed by atoms with Crippen LogP contribution in [0.15, 0.2) is 34.9 Å². The van der Waals surface area contributed by atoms with E-state index in [1.807, 2.05) is 6.07 Å². The van der Waals surface area contributed by atoms with Gasteiger partial charge < -0.3 is 0 Å². The van der Waals surface area contributed by atoms with Gasteiger partial charge in [0.15, 0.2) is 0 Å². The molecule has 0 amide bonds. The first-order chi connectivity index (χ1) is 7.65. The van der Waals surface area contributed by atoms with Crippen LogP contribution in [0.4, 0.5) is 5.69 Å². The first-order valence-corrected chi connectivity index (χ1v) is 5.86. The normalized spacial score (nSPS) is 17.3. The van der Waals surface area contributed by atoms with Crippen LogP contribution in [0.1, 0.15) is 18.9 Å². The van der Waals surface area contributed by atoms with E-state index in [-0.39, 0.29) is 0 Å². The molecule has 3 heteroatoms. The van der Waals surface area contributed by atoms with E-state index in [4.69, 9.17) is 23.2 Å². The monoisotopic (exact) mass is 249 g/mol. The highest BCUT2D eigenvalue weighted by Crippen LogP contribution is 2.43. The molecule has 0 unspecified atom stereocenters. The number of hydrogen-bond acceptors (Lipinski definition) is 1. The van der Waals surface area contributed by atoms with Crippen molar-refractivity contribution in [1.82, 2.24) is 0 Å². The number of rotatable bonds is 0. The van der Waals surface area contributed by atoms with Crippen LogP contribution in [0.5, 0.6) is 0 Å². The fourth-order valence-electron chi connectivity index (χ4n) is 2.12. The average Bonchev–Trinajstić information content (AvgIpc) is 2.54. The molecule has 1 aliphatic carbocycles. The fourth-order valence-corrected chi connectivity index (χ4v) is 2.70. The largest absolute Gasteiger partial charge is 0.252 e. The lowest BCUT2D eigenvalue weighted by Gasteiger charge is -2.10. The van der Waals surface area contributed by atoms with Crippen molar-refractivity contribution in [3.8, 4) is 0 Å². The Balaban J connectivity index is 2.26. The third-order valence-electron chi connectivity index (χ3n) is 2.86. The van der Waals surface area contributed by atoms with Crippen molar-refractivity contribution in [2.24, 2.45) is 4.99 Å². The summed E-state index contributed by atoms with van der Waals surface area (Å²) >= 11 is 12.2. The molecule has 0 spiro atoms. The SMILES string of the molecule is CC1=CCC2=Nc3cc(Cl)cc(Cl)c3C2=C1. The summed E-state index contributed by atoms with van der Waals surface area (Å²) in [5.41, 5.74) is 5.41. The molecule has 1 nitrogen and oxygen atoms in total. The molecule has 0 N–H and O–H groups in total. The van der Waals surface area contributed by atoms with Crippen molar-refractivity contribution in [2.75, 3.05) is 0 Å². The predicted octanol–water partition coefficient (Wildman–Crippen LogP) is 4.81. The Labute approximate surface area is 104 Å². The zero-order chi connectivity index (χ0) is 11.3. The Morgan fingerprint density at radius 1 is 1.25 bits per heavy atom. The van der Waals surface area contributed by atoms with Crippen molar-refractivity contribution in [3.05, 3.63) is 45.5 Å². The minimum atomic E-state index is 0.636. The molecule has 0 saturated heterocycles. The standard InChI is InChI=1S/C13H9Cl2N/c1-7-2-3-11-9(4-7)13-10(15)5-8(14)6-12(13)16-11/h2,4-6H,3H2,1H3. The predicted molar refractivity (Wildman–Crippen MR) is 69.9 cm³/mol. The van der Waals surface area contributed by atoms with Gasteiger partial charge in [-0.3, -0.25) is 4.99 Å². The molecule has 0 aromatic heterocycles. The lowest BCUT2D eigenvalue weighted by Crippen LogP contribution is -2.00. The Kier molecular flexibility index (Phi) is 2.20. The van der Waals surface area contributed by atoms with E-state index in [9.17, 15) is 0 Å². The number of benzene rings is 1. The van der Waals surface area contributed by atoms with E-state index in [0.29, 0.717) is 10.0 Å². The van der Waals surface area contributed by atoms with Crippen molar-refractivity contribution in [1.29, 1.82) is 0 Å². The van der Waals surface area contributed by atoms with E-state index in [1.54, 1.807) is 6.07 Å². The molecular weight excluding hydrogens is 241 g/mol. The van der Waals surface area contributed by atoms with Gasteiger partial charge in [0.2, 0.25) is 0 Å². The lowest BCUT2D eigenvalue weighted by molar-refractivity contribution is 1.36. The maximum atomic E-state index is 6.22. The van der Waals surface area contributed by atoms with Crippen molar-refractivity contribution >= 4 is 40.2 Å². The third-order valence-corrected chi connectivity index (χ3v) is 3.38. The fraction of sp³-hybridized carbons (Fsp3) is 0.154. The first-order valence-electron chi connectivity index (χ1n) is 5.11. The summed E-state index contributed by atoms with van der Waals surface area (Å²) in [6.07, 6.45) is 5.18. The molecule has 0 fully saturated rings. The number of nitrogens with zero attached hydrogens (tertiary/aromatic N) is 1. The molecule has 0 radical (unpaired) electrons. The van der Waals surface area contributed by atoms with Gasteiger partial charge in [0.05, 0.1) is 16.4 Å². The van der Waals surface area contributed by atoms with E-state index in [0.717, 1.165) is 29.0 Å². The van der Waals surface area contributed by atoms with Crippen molar-refractivity contribution in [2.45, 2.75) is 13.3 Å². The van der Waals surface area contributed by atoms with Gasteiger partial charge in [-0.2, -0.15) is 0 Å². The van der Waals surface area contributed by atoms with Crippen LogP contribution < -0.4 is 0 Å². The van der Waals surface area contributed by atoms with Crippen LogP contribution in [-0.4, -0.2) is 5.71 Å². The summed E-state index contributed by atoms with van der Waals surface area (Å²) in [5.74, 6) is 0. The lowest BCUT2D eigenvalue weighted by atomic mass is 9.94. The van der Waals surface area contributed by atoms with E-state index >= 15 is 0 Å². The Morgan fingerprint density at radius 3 is 2.88 bits per heavy atom. The second-order valence-electron chi connectivity index (χ2n) is 4.05. The van der Waals surface area contributed by atoms with Crippen LogP contribution in [0, 0.1) is 0 Å². The summed E-state index contributed by atoms with van der Waals surface area (Å²) in [7, 11) is 0. The van der Waals surface area contributed by atoms with Gasteiger partial charge >= 0.3 is 0 Å². The third kappa shape index (κ3) is 1.43. The van der Waals surface area contributed by atoms with Crippen LogP contribution >= 0.6 is 23.2 Å². The number of fused-ring (bicyclic) bond motifs is 3. The first kappa shape index (κ1) is 10.1. The minimum Gasteiger partial charge on any atom is -0.252 e. The number of hydrogen-bond donors (Lipinski definition) is 0. The molecule has 2 aliphatic rings. The van der Waals surface area contributed by atoms with Gasteiger partial charge in [0, 0.05) is 22.6 Å². The maximum absolute atomic E-state index is 6.22. The van der Waals surface area contributed by atoms with Crippen LogP contribution in [0.25, 0.3) is 5.57 Å². The molecule has 1 aromatic rings. The van der Waals surface area contributed by atoms with Gasteiger partial charge in [-0.15, -0.1) is 0 Å². The summed E-state index contributed by atoms with van der Waals surface area (Å²) in [5, 5.41) is 1.32. The molecule has 1 aliphatic heterocycles. The molecule has 0 atom stereocenters. The molecule has 1 heterocycles. The van der Waals surface area contributed by atoms with E-state index < -0.39 is 0 Å². The van der Waals surface area contributed by atoms with Crippen molar-refractivity contribution < 1.29 is 0 Å². The molecule has 0 bridgehead atoms. The van der Waals surface area contributed by atoms with Crippen LogP contribution in [0.3, 0.4) is 0 Å². The number of aliphatic imine (C=N–C) groups is 1. The summed E-state index contributed by atoms with van der Waals surface area (Å²) in [6, 6.07) is 3.64. The Morgan fingerprint density at radius 2 is 2.06 bits per heavy atom. The van der Waals surface area contributed by atoms with Crippen molar-refractivity contribution in [3.63, 3.8) is 0 Å². The van der Waals surface area contributed by atoms with Crippen LogP contribution in [0.2, 0.25) is 10.0 Å². The van der Waals surface area contributed by atoms with Crippen LogP contribution in [-0.2, 0) is 0 Å². The average molecular weight is 250 g/mol. The summed E-state index contributed by atoms with van der Waals surface area (Å²) < 4.78 is 0. The summed E-state index contributed by atoms with van der Waals surface area (Å²) in [4.78, 5) is 4.56.